The molecular weight excluding hydrogens is 236 g/mol. The molecule has 0 radical (unpaired) electrons. The molecule has 0 aliphatic rings. The second-order valence-corrected chi connectivity index (χ2v) is 4.41. The molecule has 18 heavy (non-hydrogen) atoms. The lowest BCUT2D eigenvalue weighted by Crippen LogP contribution is -2.19. The minimum atomic E-state index is -0.619. The first-order chi connectivity index (χ1) is 8.65. The van der Waals surface area contributed by atoms with Crippen LogP contribution in [0.4, 0.5) is 8.78 Å². The predicted octanol–water partition coefficient (Wildman–Crippen LogP) is 3.56. The van der Waals surface area contributed by atoms with E-state index in [1.807, 2.05) is 0 Å². The Balaban J connectivity index is 2.31. The summed E-state index contributed by atoms with van der Waals surface area (Å²) >= 11 is 0. The second kappa shape index (κ2) is 8.16. The molecule has 0 amide bonds. The molecule has 4 heteroatoms. The van der Waals surface area contributed by atoms with E-state index in [1.165, 1.54) is 12.8 Å². The third-order valence-electron chi connectivity index (χ3n) is 2.80. The largest absolute Gasteiger partial charge is 0.379 e. The molecule has 0 aliphatic carbocycles. The topological polar surface area (TPSA) is 35.2 Å². The Hall–Kier alpha value is -1.00. The molecule has 0 bridgehead atoms. The van der Waals surface area contributed by atoms with Crippen molar-refractivity contribution in [2.75, 3.05) is 13.2 Å². The number of rotatable bonds is 8. The Morgan fingerprint density at radius 2 is 2.00 bits per heavy atom. The summed E-state index contributed by atoms with van der Waals surface area (Å²) in [6, 6.07) is 2.68. The number of unbranched alkanes of at least 4 members (excludes halogenated alkanes) is 3. The van der Waals surface area contributed by atoms with E-state index in [9.17, 15) is 8.78 Å². The maximum Gasteiger partial charge on any atom is 0.128 e. The monoisotopic (exact) mass is 257 g/mol. The molecule has 1 atom stereocenters. The van der Waals surface area contributed by atoms with Gasteiger partial charge in [0.05, 0.1) is 12.6 Å². The van der Waals surface area contributed by atoms with Crippen molar-refractivity contribution >= 4 is 0 Å². The van der Waals surface area contributed by atoms with E-state index in [1.54, 1.807) is 0 Å². The number of hydrogen-bond donors (Lipinski definition) is 1. The third kappa shape index (κ3) is 5.10. The zero-order valence-electron chi connectivity index (χ0n) is 10.8. The summed E-state index contributed by atoms with van der Waals surface area (Å²) in [4.78, 5) is 0. The molecule has 0 saturated carbocycles. The Labute approximate surface area is 107 Å². The molecule has 2 nitrogen and oxygen atoms in total. The molecular formula is C14H21F2NO. The molecule has 1 unspecified atom stereocenters. The van der Waals surface area contributed by atoms with E-state index in [0.717, 1.165) is 31.0 Å². The van der Waals surface area contributed by atoms with Crippen LogP contribution in [0.25, 0.3) is 0 Å². The number of nitrogens with two attached hydrogens (primary N) is 1. The molecule has 1 aromatic rings. The molecule has 0 saturated heterocycles. The SMILES string of the molecule is CCCCCCOCC(N)c1cc(F)ccc1F. The van der Waals surface area contributed by atoms with Crippen LogP contribution in [-0.4, -0.2) is 13.2 Å². The van der Waals surface area contributed by atoms with E-state index >= 15 is 0 Å². The van der Waals surface area contributed by atoms with Crippen LogP contribution in [0.5, 0.6) is 0 Å². The summed E-state index contributed by atoms with van der Waals surface area (Å²) in [7, 11) is 0. The number of hydrogen-bond acceptors (Lipinski definition) is 2. The van der Waals surface area contributed by atoms with Gasteiger partial charge in [-0.15, -0.1) is 0 Å². The molecule has 0 aromatic heterocycles. The quantitative estimate of drug-likeness (QED) is 0.723. The zero-order chi connectivity index (χ0) is 13.4. The Bertz CT molecular complexity index is 358. The highest BCUT2D eigenvalue weighted by molar-refractivity contribution is 5.22. The van der Waals surface area contributed by atoms with Gasteiger partial charge >= 0.3 is 0 Å². The molecule has 0 spiro atoms. The second-order valence-electron chi connectivity index (χ2n) is 4.41. The van der Waals surface area contributed by atoms with Crippen molar-refractivity contribution in [2.45, 2.75) is 38.6 Å². The van der Waals surface area contributed by atoms with Crippen LogP contribution in [0.3, 0.4) is 0 Å². The average Bonchev–Trinajstić information content (AvgIpc) is 2.36. The summed E-state index contributed by atoms with van der Waals surface area (Å²) in [6.07, 6.45) is 4.47. The van der Waals surface area contributed by atoms with Crippen molar-refractivity contribution < 1.29 is 13.5 Å². The Kier molecular flexibility index (Phi) is 6.83. The van der Waals surface area contributed by atoms with E-state index in [-0.39, 0.29) is 12.2 Å². The van der Waals surface area contributed by atoms with Gasteiger partial charge in [-0.25, -0.2) is 8.78 Å². The van der Waals surface area contributed by atoms with Crippen molar-refractivity contribution in [1.82, 2.24) is 0 Å². The van der Waals surface area contributed by atoms with Gasteiger partial charge in [-0.2, -0.15) is 0 Å². The first kappa shape index (κ1) is 15.1. The molecule has 1 rings (SSSR count). The third-order valence-corrected chi connectivity index (χ3v) is 2.80. The maximum atomic E-state index is 13.4. The number of ether oxygens (including phenoxy) is 1. The average molecular weight is 257 g/mol. The van der Waals surface area contributed by atoms with E-state index in [4.69, 9.17) is 10.5 Å². The van der Waals surface area contributed by atoms with Gasteiger partial charge in [0.1, 0.15) is 11.6 Å². The van der Waals surface area contributed by atoms with Gasteiger partial charge in [-0.1, -0.05) is 26.2 Å². The molecule has 0 aliphatic heterocycles. The van der Waals surface area contributed by atoms with Crippen LogP contribution in [-0.2, 0) is 4.74 Å². The summed E-state index contributed by atoms with van der Waals surface area (Å²) < 4.78 is 31.7. The molecule has 102 valence electrons. The van der Waals surface area contributed by atoms with Crippen molar-refractivity contribution in [2.24, 2.45) is 5.73 Å². The first-order valence-corrected chi connectivity index (χ1v) is 6.43. The van der Waals surface area contributed by atoms with Gasteiger partial charge in [0.25, 0.3) is 0 Å². The van der Waals surface area contributed by atoms with Gasteiger partial charge in [-0.3, -0.25) is 0 Å². The van der Waals surface area contributed by atoms with Gasteiger partial charge in [0.15, 0.2) is 0 Å². The van der Waals surface area contributed by atoms with Crippen molar-refractivity contribution in [3.63, 3.8) is 0 Å². The van der Waals surface area contributed by atoms with Crippen molar-refractivity contribution in [3.8, 4) is 0 Å². The lowest BCUT2D eigenvalue weighted by atomic mass is 10.1. The van der Waals surface area contributed by atoms with Crippen LogP contribution in [0.15, 0.2) is 18.2 Å². The van der Waals surface area contributed by atoms with Gasteiger partial charge in [0.2, 0.25) is 0 Å². The van der Waals surface area contributed by atoms with Gasteiger partial charge < -0.3 is 10.5 Å². The number of halogens is 2. The standard InChI is InChI=1S/C14H21F2NO/c1-2-3-4-5-8-18-10-14(17)12-9-11(15)6-7-13(12)16/h6-7,9,14H,2-5,8,10,17H2,1H3. The highest BCUT2D eigenvalue weighted by Crippen LogP contribution is 2.16. The van der Waals surface area contributed by atoms with Crippen molar-refractivity contribution in [3.05, 3.63) is 35.4 Å². The fourth-order valence-electron chi connectivity index (χ4n) is 1.73. The van der Waals surface area contributed by atoms with E-state index in [2.05, 4.69) is 6.92 Å². The van der Waals surface area contributed by atoms with Crippen LogP contribution in [0, 0.1) is 11.6 Å². The minimum absolute atomic E-state index is 0.170. The highest BCUT2D eigenvalue weighted by atomic mass is 19.1. The van der Waals surface area contributed by atoms with Crippen LogP contribution >= 0.6 is 0 Å². The predicted molar refractivity (Wildman–Crippen MR) is 68.2 cm³/mol. The smallest absolute Gasteiger partial charge is 0.128 e. The van der Waals surface area contributed by atoms with Gasteiger partial charge in [-0.05, 0) is 24.6 Å². The van der Waals surface area contributed by atoms with E-state index < -0.39 is 17.7 Å². The molecule has 2 N–H and O–H groups in total. The normalized spacial score (nSPS) is 12.7. The molecule has 0 fully saturated rings. The first-order valence-electron chi connectivity index (χ1n) is 6.43. The number of benzene rings is 1. The maximum absolute atomic E-state index is 13.4. The summed E-state index contributed by atoms with van der Waals surface area (Å²) in [5.74, 6) is -0.969. The molecule has 1 aromatic carbocycles. The fourth-order valence-corrected chi connectivity index (χ4v) is 1.73. The van der Waals surface area contributed by atoms with Crippen LogP contribution in [0.1, 0.15) is 44.2 Å². The fraction of sp³-hybridized carbons (Fsp3) is 0.571. The van der Waals surface area contributed by atoms with Crippen LogP contribution < -0.4 is 5.73 Å². The Morgan fingerprint density at radius 1 is 1.22 bits per heavy atom. The molecule has 0 heterocycles. The lowest BCUT2D eigenvalue weighted by molar-refractivity contribution is 0.116. The summed E-state index contributed by atoms with van der Waals surface area (Å²) in [5, 5.41) is 0. The highest BCUT2D eigenvalue weighted by Gasteiger charge is 2.12. The Morgan fingerprint density at radius 3 is 2.72 bits per heavy atom. The van der Waals surface area contributed by atoms with E-state index in [0.29, 0.717) is 6.61 Å². The van der Waals surface area contributed by atoms with Crippen LogP contribution in [0.2, 0.25) is 0 Å². The summed E-state index contributed by atoms with van der Waals surface area (Å²) in [5.41, 5.74) is 5.94. The van der Waals surface area contributed by atoms with Crippen molar-refractivity contribution in [1.29, 1.82) is 0 Å². The lowest BCUT2D eigenvalue weighted by Gasteiger charge is -2.13. The minimum Gasteiger partial charge on any atom is -0.379 e. The zero-order valence-corrected chi connectivity index (χ0v) is 10.8. The van der Waals surface area contributed by atoms with Gasteiger partial charge in [0, 0.05) is 12.2 Å². The summed E-state index contributed by atoms with van der Waals surface area (Å²) in [6.45, 7) is 2.97.